The maximum absolute atomic E-state index is 11.8. The highest BCUT2D eigenvalue weighted by atomic mass is 16.1. The molecule has 3 heteroatoms. The van der Waals surface area contributed by atoms with Gasteiger partial charge >= 0.3 is 0 Å². The lowest BCUT2D eigenvalue weighted by Gasteiger charge is -2.16. The van der Waals surface area contributed by atoms with E-state index in [0.29, 0.717) is 22.2 Å². The molecule has 0 aliphatic heterocycles. The van der Waals surface area contributed by atoms with Crippen LogP contribution in [0.4, 0.5) is 0 Å². The Hall–Kier alpha value is -1.64. The van der Waals surface area contributed by atoms with Crippen LogP contribution in [0, 0.1) is 0 Å². The Kier molecular flexibility index (Phi) is 1.88. The summed E-state index contributed by atoms with van der Waals surface area (Å²) in [5.74, 6) is -0.0598. The maximum atomic E-state index is 11.8. The lowest BCUT2D eigenvalue weighted by molar-refractivity contribution is 0.0981. The highest BCUT2D eigenvalue weighted by Gasteiger charge is 2.26. The predicted molar refractivity (Wildman–Crippen MR) is 56.3 cm³/mol. The van der Waals surface area contributed by atoms with Crippen LogP contribution in [0.15, 0.2) is 35.3 Å². The number of carbonyl (C=O) groups is 2. The topological polar surface area (TPSA) is 34.1 Å². The SMILES string of the molecule is BC1=C(C)C(=O)c2ccccc2C1=O. The molecule has 0 saturated carbocycles. The minimum absolute atomic E-state index is 0.0299. The van der Waals surface area contributed by atoms with Crippen molar-refractivity contribution in [3.05, 3.63) is 46.4 Å². The number of hydrogen-bond acceptors (Lipinski definition) is 2. The number of fused-ring (bicyclic) bond motifs is 1. The molecule has 1 aliphatic carbocycles. The molecule has 0 amide bonds. The Balaban J connectivity index is 2.73. The van der Waals surface area contributed by atoms with Gasteiger partial charge in [-0.3, -0.25) is 9.59 Å². The largest absolute Gasteiger partial charge is 0.290 e. The summed E-state index contributed by atoms with van der Waals surface area (Å²) in [6.07, 6.45) is 0. The third kappa shape index (κ3) is 1.05. The van der Waals surface area contributed by atoms with E-state index in [2.05, 4.69) is 0 Å². The van der Waals surface area contributed by atoms with E-state index >= 15 is 0 Å². The fourth-order valence-corrected chi connectivity index (χ4v) is 1.62. The molecule has 0 fully saturated rings. The first-order valence-corrected chi connectivity index (χ1v) is 4.49. The number of rotatable bonds is 0. The van der Waals surface area contributed by atoms with Gasteiger partial charge in [-0.05, 0) is 18.0 Å². The van der Waals surface area contributed by atoms with Crippen molar-refractivity contribution in [3.63, 3.8) is 0 Å². The summed E-state index contributed by atoms with van der Waals surface area (Å²) in [6, 6.07) is 6.95. The van der Waals surface area contributed by atoms with E-state index < -0.39 is 0 Å². The monoisotopic (exact) mass is 184 g/mol. The first kappa shape index (κ1) is 8.94. The van der Waals surface area contributed by atoms with Crippen LogP contribution in [0.2, 0.25) is 0 Å². The molecule has 0 bridgehead atoms. The Morgan fingerprint density at radius 2 is 1.50 bits per heavy atom. The van der Waals surface area contributed by atoms with Crippen molar-refractivity contribution in [2.45, 2.75) is 6.92 Å². The summed E-state index contributed by atoms with van der Waals surface area (Å²) in [7, 11) is 1.70. The molecule has 1 aliphatic rings. The average molecular weight is 184 g/mol. The zero-order valence-electron chi connectivity index (χ0n) is 8.13. The van der Waals surface area contributed by atoms with E-state index in [0.717, 1.165) is 0 Å². The molecule has 1 aromatic carbocycles. The summed E-state index contributed by atoms with van der Waals surface area (Å²) in [4.78, 5) is 23.5. The van der Waals surface area contributed by atoms with Gasteiger partial charge in [-0.2, -0.15) is 0 Å². The van der Waals surface area contributed by atoms with Gasteiger partial charge in [0.2, 0.25) is 0 Å². The van der Waals surface area contributed by atoms with Crippen LogP contribution in [0.3, 0.4) is 0 Å². The molecule has 0 aromatic heterocycles. The number of allylic oxidation sites excluding steroid dienone is 2. The first-order valence-electron chi connectivity index (χ1n) is 4.49. The molecular formula is C11H9BO2. The summed E-state index contributed by atoms with van der Waals surface area (Å²) < 4.78 is 0. The van der Waals surface area contributed by atoms with Crippen molar-refractivity contribution in [3.8, 4) is 0 Å². The van der Waals surface area contributed by atoms with Crippen molar-refractivity contribution in [2.75, 3.05) is 0 Å². The second-order valence-corrected chi connectivity index (χ2v) is 3.45. The minimum atomic E-state index is -0.0299. The molecule has 0 unspecified atom stereocenters. The minimum Gasteiger partial charge on any atom is -0.290 e. The Morgan fingerprint density at radius 3 is 2.07 bits per heavy atom. The molecule has 0 atom stereocenters. The number of Topliss-reactive ketones (excluding diaryl/α,β-unsaturated/α-hetero) is 2. The molecule has 2 nitrogen and oxygen atoms in total. The fourth-order valence-electron chi connectivity index (χ4n) is 1.62. The van der Waals surface area contributed by atoms with Gasteiger partial charge in [0.05, 0.1) is 0 Å². The molecule has 2 rings (SSSR count). The number of carbonyl (C=O) groups excluding carboxylic acids is 2. The molecule has 0 heterocycles. The van der Waals surface area contributed by atoms with Crippen molar-refractivity contribution < 1.29 is 9.59 Å². The quantitative estimate of drug-likeness (QED) is 0.563. The number of hydrogen-bond donors (Lipinski definition) is 0. The van der Waals surface area contributed by atoms with E-state index in [1.54, 1.807) is 39.0 Å². The van der Waals surface area contributed by atoms with Crippen LogP contribution in [-0.4, -0.2) is 19.4 Å². The number of ketones is 2. The smallest absolute Gasteiger partial charge is 0.189 e. The molecular weight excluding hydrogens is 175 g/mol. The van der Waals surface area contributed by atoms with E-state index in [1.165, 1.54) is 0 Å². The standard InChI is InChI=1S/C11H9BO2/c1-6-9(12)11(14)8-5-3-2-4-7(8)10(6)13/h2-5H,12H2,1H3. The summed E-state index contributed by atoms with van der Waals surface area (Å²) in [5, 5.41) is 0. The normalized spacial score (nSPS) is 15.8. The lowest BCUT2D eigenvalue weighted by atomic mass is 9.76. The van der Waals surface area contributed by atoms with Crippen LogP contribution >= 0.6 is 0 Å². The summed E-state index contributed by atoms with van der Waals surface area (Å²) in [5.41, 5.74) is 2.18. The molecule has 0 spiro atoms. The highest BCUT2D eigenvalue weighted by molar-refractivity contribution is 6.46. The van der Waals surface area contributed by atoms with Crippen LogP contribution in [0.25, 0.3) is 0 Å². The number of benzene rings is 1. The van der Waals surface area contributed by atoms with Gasteiger partial charge in [-0.1, -0.05) is 24.3 Å². The Bertz CT molecular complexity index is 429. The molecule has 68 valence electrons. The van der Waals surface area contributed by atoms with E-state index in [9.17, 15) is 9.59 Å². The third-order valence-electron chi connectivity index (χ3n) is 2.66. The van der Waals surface area contributed by atoms with Crippen LogP contribution in [0.5, 0.6) is 0 Å². The molecule has 0 N–H and O–H groups in total. The van der Waals surface area contributed by atoms with E-state index in [-0.39, 0.29) is 11.6 Å². The molecule has 14 heavy (non-hydrogen) atoms. The van der Waals surface area contributed by atoms with E-state index in [1.807, 2.05) is 0 Å². The van der Waals surface area contributed by atoms with Gasteiger partial charge in [-0.25, -0.2) is 0 Å². The van der Waals surface area contributed by atoms with Crippen LogP contribution in [-0.2, 0) is 0 Å². The van der Waals surface area contributed by atoms with Crippen LogP contribution in [0.1, 0.15) is 27.6 Å². The van der Waals surface area contributed by atoms with Crippen molar-refractivity contribution >= 4 is 19.4 Å². The average Bonchev–Trinajstić information content (AvgIpc) is 2.23. The fraction of sp³-hybridized carbons (Fsp3) is 0.0909. The Morgan fingerprint density at radius 1 is 1.00 bits per heavy atom. The third-order valence-corrected chi connectivity index (χ3v) is 2.66. The lowest BCUT2D eigenvalue weighted by Crippen LogP contribution is -2.20. The summed E-state index contributed by atoms with van der Waals surface area (Å²) in [6.45, 7) is 1.70. The van der Waals surface area contributed by atoms with E-state index in [4.69, 9.17) is 0 Å². The van der Waals surface area contributed by atoms with Gasteiger partial charge in [0.25, 0.3) is 0 Å². The van der Waals surface area contributed by atoms with Gasteiger partial charge in [-0.15, -0.1) is 0 Å². The second-order valence-electron chi connectivity index (χ2n) is 3.45. The highest BCUT2D eigenvalue weighted by Crippen LogP contribution is 2.23. The molecule has 0 radical (unpaired) electrons. The van der Waals surface area contributed by atoms with Crippen LogP contribution < -0.4 is 0 Å². The van der Waals surface area contributed by atoms with Gasteiger partial charge in [0, 0.05) is 11.1 Å². The second kappa shape index (κ2) is 2.94. The summed E-state index contributed by atoms with van der Waals surface area (Å²) >= 11 is 0. The Labute approximate surface area is 83.0 Å². The van der Waals surface area contributed by atoms with Crippen molar-refractivity contribution in [1.82, 2.24) is 0 Å². The molecule has 0 saturated heterocycles. The van der Waals surface area contributed by atoms with Gasteiger partial charge in [0.1, 0.15) is 7.85 Å². The first-order chi connectivity index (χ1) is 6.63. The van der Waals surface area contributed by atoms with Gasteiger partial charge in [0.15, 0.2) is 11.6 Å². The van der Waals surface area contributed by atoms with Crippen molar-refractivity contribution in [2.24, 2.45) is 0 Å². The van der Waals surface area contributed by atoms with Gasteiger partial charge < -0.3 is 0 Å². The zero-order valence-corrected chi connectivity index (χ0v) is 8.13. The maximum Gasteiger partial charge on any atom is 0.189 e. The predicted octanol–water partition coefficient (Wildman–Crippen LogP) is 0.973. The van der Waals surface area contributed by atoms with Crippen molar-refractivity contribution in [1.29, 1.82) is 0 Å². The molecule has 1 aromatic rings. The zero-order chi connectivity index (χ0) is 10.3.